The molecule has 1 aromatic heterocycles. The summed E-state index contributed by atoms with van der Waals surface area (Å²) in [6, 6.07) is 6.15. The van der Waals surface area contributed by atoms with Gasteiger partial charge in [-0.3, -0.25) is 0 Å². The van der Waals surface area contributed by atoms with Crippen LogP contribution in [0.5, 0.6) is 0 Å². The predicted octanol–water partition coefficient (Wildman–Crippen LogP) is 4.23. The molecule has 1 heterocycles. The highest BCUT2D eigenvalue weighted by Crippen LogP contribution is 2.31. The topological polar surface area (TPSA) is 51.8 Å². The minimum Gasteiger partial charge on any atom is -0.383 e. The van der Waals surface area contributed by atoms with Gasteiger partial charge < -0.3 is 5.73 Å². The Morgan fingerprint density at radius 1 is 1.16 bits per heavy atom. The zero-order chi connectivity index (χ0) is 14.2. The number of benzene rings is 1. The molecule has 0 radical (unpaired) electrons. The number of nitrogens with two attached hydrogens (primary N) is 1. The van der Waals surface area contributed by atoms with Crippen molar-refractivity contribution in [2.24, 2.45) is 0 Å². The van der Waals surface area contributed by atoms with Crippen LogP contribution in [-0.2, 0) is 0 Å². The Hall–Kier alpha value is -1.42. The van der Waals surface area contributed by atoms with Gasteiger partial charge in [-0.05, 0) is 46.8 Å². The molecule has 0 saturated carbocycles. The third-order valence-corrected chi connectivity index (χ3v) is 4.11. The number of nitrogen functional groups attached to an aromatic ring is 1. The van der Waals surface area contributed by atoms with Crippen LogP contribution in [0.1, 0.15) is 36.6 Å². The van der Waals surface area contributed by atoms with Crippen LogP contribution in [0.25, 0.3) is 11.4 Å². The van der Waals surface area contributed by atoms with Gasteiger partial charge >= 0.3 is 0 Å². The zero-order valence-electron chi connectivity index (χ0n) is 11.7. The zero-order valence-corrected chi connectivity index (χ0v) is 13.2. The van der Waals surface area contributed by atoms with Crippen molar-refractivity contribution in [3.63, 3.8) is 0 Å². The number of hydrogen-bond donors (Lipinski definition) is 1. The lowest BCUT2D eigenvalue weighted by molar-refractivity contribution is 0.811. The Labute approximate surface area is 122 Å². The number of rotatable bonds is 2. The summed E-state index contributed by atoms with van der Waals surface area (Å²) in [5, 5.41) is 0. The molecule has 100 valence electrons. The van der Waals surface area contributed by atoms with Crippen molar-refractivity contribution >= 4 is 21.7 Å². The monoisotopic (exact) mass is 319 g/mol. The first-order valence-electron chi connectivity index (χ1n) is 6.31. The smallest absolute Gasteiger partial charge is 0.162 e. The molecule has 19 heavy (non-hydrogen) atoms. The molecule has 0 unspecified atom stereocenters. The van der Waals surface area contributed by atoms with Crippen LogP contribution in [0.15, 0.2) is 22.7 Å². The normalized spacial score (nSPS) is 11.1. The van der Waals surface area contributed by atoms with E-state index in [4.69, 9.17) is 5.73 Å². The first kappa shape index (κ1) is 14.0. The third kappa shape index (κ3) is 2.63. The molecule has 0 spiro atoms. The molecule has 2 aromatic rings. The van der Waals surface area contributed by atoms with Crippen LogP contribution < -0.4 is 5.73 Å². The summed E-state index contributed by atoms with van der Waals surface area (Å²) >= 11 is 3.47. The Kier molecular flexibility index (Phi) is 3.90. The summed E-state index contributed by atoms with van der Waals surface area (Å²) < 4.78 is 0.802. The van der Waals surface area contributed by atoms with E-state index in [1.54, 1.807) is 0 Å². The maximum Gasteiger partial charge on any atom is 0.162 e. The second-order valence-corrected chi connectivity index (χ2v) is 5.83. The van der Waals surface area contributed by atoms with Crippen molar-refractivity contribution in [3.05, 3.63) is 39.5 Å². The minimum absolute atomic E-state index is 0.295. The summed E-state index contributed by atoms with van der Waals surface area (Å²) in [5.41, 5.74) is 10.4. The Bertz CT molecular complexity index is 621. The molecule has 4 heteroatoms. The van der Waals surface area contributed by atoms with Gasteiger partial charge in [0.2, 0.25) is 0 Å². The molecule has 0 amide bonds. The highest BCUT2D eigenvalue weighted by atomic mass is 79.9. The maximum absolute atomic E-state index is 5.99. The van der Waals surface area contributed by atoms with Crippen LogP contribution >= 0.6 is 15.9 Å². The summed E-state index contributed by atoms with van der Waals surface area (Å²) in [7, 11) is 0. The van der Waals surface area contributed by atoms with Crippen molar-refractivity contribution < 1.29 is 0 Å². The van der Waals surface area contributed by atoms with E-state index in [1.165, 1.54) is 11.1 Å². The SMILES string of the molecule is Cc1cccc(-c2nc(N)c(Br)c(C(C)C)n2)c1C. The van der Waals surface area contributed by atoms with Gasteiger partial charge in [-0.2, -0.15) is 0 Å². The van der Waals surface area contributed by atoms with Crippen LogP contribution in [0.3, 0.4) is 0 Å². The van der Waals surface area contributed by atoms with E-state index in [0.717, 1.165) is 15.7 Å². The number of hydrogen-bond acceptors (Lipinski definition) is 3. The molecule has 0 atom stereocenters. The van der Waals surface area contributed by atoms with Gasteiger partial charge in [0, 0.05) is 5.56 Å². The van der Waals surface area contributed by atoms with Gasteiger partial charge in [0.05, 0.1) is 10.2 Å². The Balaban J connectivity index is 2.67. The lowest BCUT2D eigenvalue weighted by Crippen LogP contribution is -2.05. The number of aromatic nitrogens is 2. The van der Waals surface area contributed by atoms with Crippen molar-refractivity contribution in [2.45, 2.75) is 33.6 Å². The average Bonchev–Trinajstić information content (AvgIpc) is 2.35. The van der Waals surface area contributed by atoms with Gasteiger partial charge in [-0.25, -0.2) is 9.97 Å². The van der Waals surface area contributed by atoms with Crippen molar-refractivity contribution in [1.82, 2.24) is 9.97 Å². The minimum atomic E-state index is 0.295. The quantitative estimate of drug-likeness (QED) is 0.901. The number of anilines is 1. The lowest BCUT2D eigenvalue weighted by Gasteiger charge is -2.13. The van der Waals surface area contributed by atoms with E-state index in [1.807, 2.05) is 12.1 Å². The number of halogens is 1. The van der Waals surface area contributed by atoms with Gasteiger partial charge in [0.25, 0.3) is 0 Å². The first-order valence-corrected chi connectivity index (χ1v) is 7.10. The van der Waals surface area contributed by atoms with Crippen molar-refractivity contribution in [3.8, 4) is 11.4 Å². The van der Waals surface area contributed by atoms with Crippen LogP contribution in [-0.4, -0.2) is 9.97 Å². The fourth-order valence-electron chi connectivity index (χ4n) is 1.98. The molecular weight excluding hydrogens is 302 g/mol. The second kappa shape index (κ2) is 5.29. The molecule has 0 bridgehead atoms. The van der Waals surface area contributed by atoms with E-state index in [-0.39, 0.29) is 0 Å². The van der Waals surface area contributed by atoms with Gasteiger partial charge in [0.15, 0.2) is 5.82 Å². The van der Waals surface area contributed by atoms with E-state index in [2.05, 4.69) is 59.7 Å². The molecule has 0 saturated heterocycles. The Morgan fingerprint density at radius 2 is 1.84 bits per heavy atom. The Morgan fingerprint density at radius 3 is 2.47 bits per heavy atom. The number of nitrogens with zero attached hydrogens (tertiary/aromatic N) is 2. The van der Waals surface area contributed by atoms with Crippen LogP contribution in [0.2, 0.25) is 0 Å². The summed E-state index contributed by atoms with van der Waals surface area (Å²) in [5.74, 6) is 1.49. The van der Waals surface area contributed by atoms with Gasteiger partial charge in [0.1, 0.15) is 5.82 Å². The summed E-state index contributed by atoms with van der Waals surface area (Å²) in [4.78, 5) is 9.07. The fourth-order valence-corrected chi connectivity index (χ4v) is 2.61. The fraction of sp³-hybridized carbons (Fsp3) is 0.333. The van der Waals surface area contributed by atoms with Crippen molar-refractivity contribution in [2.75, 3.05) is 5.73 Å². The number of aryl methyl sites for hydroxylation is 1. The van der Waals surface area contributed by atoms with Gasteiger partial charge in [-0.1, -0.05) is 32.0 Å². The molecule has 0 aliphatic heterocycles. The lowest BCUT2D eigenvalue weighted by atomic mass is 10.0. The molecule has 0 aliphatic carbocycles. The second-order valence-electron chi connectivity index (χ2n) is 5.03. The molecular formula is C15H18BrN3. The standard InChI is InChI=1S/C15H18BrN3/c1-8(2)13-12(16)14(17)19-15(18-13)11-7-5-6-9(3)10(11)4/h5-8H,1-4H3,(H2,17,18,19). The maximum atomic E-state index is 5.99. The molecule has 3 nitrogen and oxygen atoms in total. The van der Waals surface area contributed by atoms with E-state index in [0.29, 0.717) is 17.6 Å². The molecule has 1 aromatic carbocycles. The first-order chi connectivity index (χ1) is 8.91. The van der Waals surface area contributed by atoms with Crippen molar-refractivity contribution in [1.29, 1.82) is 0 Å². The largest absolute Gasteiger partial charge is 0.383 e. The van der Waals surface area contributed by atoms with E-state index < -0.39 is 0 Å². The molecule has 0 aliphatic rings. The predicted molar refractivity (Wildman–Crippen MR) is 83.1 cm³/mol. The molecule has 0 fully saturated rings. The highest BCUT2D eigenvalue weighted by Gasteiger charge is 2.15. The van der Waals surface area contributed by atoms with E-state index in [9.17, 15) is 0 Å². The van der Waals surface area contributed by atoms with Gasteiger partial charge in [-0.15, -0.1) is 0 Å². The average molecular weight is 320 g/mol. The van der Waals surface area contributed by atoms with Crippen LogP contribution in [0, 0.1) is 13.8 Å². The van der Waals surface area contributed by atoms with E-state index >= 15 is 0 Å². The highest BCUT2D eigenvalue weighted by molar-refractivity contribution is 9.10. The molecule has 2 N–H and O–H groups in total. The third-order valence-electron chi connectivity index (χ3n) is 3.29. The summed E-state index contributed by atoms with van der Waals surface area (Å²) in [6.45, 7) is 8.37. The summed E-state index contributed by atoms with van der Waals surface area (Å²) in [6.07, 6.45) is 0. The molecule has 2 rings (SSSR count). The van der Waals surface area contributed by atoms with Crippen LogP contribution in [0.4, 0.5) is 5.82 Å².